The molecule has 0 saturated carbocycles. The van der Waals surface area contributed by atoms with E-state index in [0.29, 0.717) is 25.1 Å². The van der Waals surface area contributed by atoms with Gasteiger partial charge >= 0.3 is 6.03 Å². The first-order valence-corrected chi connectivity index (χ1v) is 9.02. The predicted octanol–water partition coefficient (Wildman–Crippen LogP) is 3.55. The summed E-state index contributed by atoms with van der Waals surface area (Å²) in [6.45, 7) is 5.00. The van der Waals surface area contributed by atoms with Crippen LogP contribution in [0.1, 0.15) is 28.1 Å². The van der Waals surface area contributed by atoms with E-state index in [4.69, 9.17) is 4.74 Å². The van der Waals surface area contributed by atoms with Gasteiger partial charge in [0.05, 0.1) is 17.8 Å². The lowest BCUT2D eigenvalue weighted by Gasteiger charge is -2.18. The van der Waals surface area contributed by atoms with E-state index >= 15 is 0 Å². The molecular formula is C18H24FN3O2S. The molecule has 136 valence electrons. The standard InChI is InChI=1S/C18H24FN3O2S/c1-5-15-12(2)25-17(21-15)8-9-20-18(23)22(3)11-13-6-7-16(24-4)14(19)10-13/h6-7,10H,5,8-9,11H2,1-4H3,(H,20,23). The molecule has 0 atom stereocenters. The monoisotopic (exact) mass is 365 g/mol. The number of thiazole rings is 1. The number of carbonyl (C=O) groups is 1. The molecule has 0 aliphatic rings. The van der Waals surface area contributed by atoms with Crippen molar-refractivity contribution in [3.63, 3.8) is 0 Å². The van der Waals surface area contributed by atoms with Crippen LogP contribution in [0.3, 0.4) is 0 Å². The minimum atomic E-state index is -0.431. The van der Waals surface area contributed by atoms with Gasteiger partial charge in [-0.05, 0) is 31.0 Å². The van der Waals surface area contributed by atoms with E-state index in [9.17, 15) is 9.18 Å². The largest absolute Gasteiger partial charge is 0.494 e. The van der Waals surface area contributed by atoms with Gasteiger partial charge in [-0.15, -0.1) is 11.3 Å². The number of carbonyl (C=O) groups excluding carboxylic acids is 1. The summed E-state index contributed by atoms with van der Waals surface area (Å²) < 4.78 is 18.6. The zero-order valence-electron chi connectivity index (χ0n) is 15.1. The third kappa shape index (κ3) is 5.16. The van der Waals surface area contributed by atoms with E-state index in [-0.39, 0.29) is 11.8 Å². The molecule has 0 saturated heterocycles. The van der Waals surface area contributed by atoms with Crippen LogP contribution in [0.25, 0.3) is 0 Å². The van der Waals surface area contributed by atoms with Crippen LogP contribution in [0.5, 0.6) is 5.75 Å². The van der Waals surface area contributed by atoms with Crippen molar-refractivity contribution in [1.29, 1.82) is 0 Å². The number of nitrogens with one attached hydrogen (secondary N) is 1. The van der Waals surface area contributed by atoms with E-state index in [0.717, 1.165) is 17.1 Å². The van der Waals surface area contributed by atoms with Crippen LogP contribution in [0.4, 0.5) is 9.18 Å². The average molecular weight is 365 g/mol. The fourth-order valence-corrected chi connectivity index (χ4v) is 3.51. The summed E-state index contributed by atoms with van der Waals surface area (Å²) in [7, 11) is 3.10. The van der Waals surface area contributed by atoms with Gasteiger partial charge in [0.25, 0.3) is 0 Å². The van der Waals surface area contributed by atoms with Gasteiger partial charge in [-0.1, -0.05) is 13.0 Å². The molecule has 0 unspecified atom stereocenters. The van der Waals surface area contributed by atoms with Gasteiger partial charge in [0.1, 0.15) is 0 Å². The first kappa shape index (κ1) is 19.2. The van der Waals surface area contributed by atoms with Crippen molar-refractivity contribution in [2.75, 3.05) is 20.7 Å². The lowest BCUT2D eigenvalue weighted by Crippen LogP contribution is -2.37. The number of aromatic nitrogens is 1. The SMILES string of the molecule is CCc1nc(CCNC(=O)N(C)Cc2ccc(OC)c(F)c2)sc1C. The Morgan fingerprint density at radius 3 is 2.80 bits per heavy atom. The summed E-state index contributed by atoms with van der Waals surface area (Å²) >= 11 is 1.68. The zero-order chi connectivity index (χ0) is 18.4. The maximum atomic E-state index is 13.7. The molecule has 1 aromatic carbocycles. The van der Waals surface area contributed by atoms with Crippen molar-refractivity contribution in [2.45, 2.75) is 33.2 Å². The number of benzene rings is 1. The summed E-state index contributed by atoms with van der Waals surface area (Å²) in [5.41, 5.74) is 1.84. The van der Waals surface area contributed by atoms with Gasteiger partial charge < -0.3 is 15.0 Å². The molecule has 2 amide bonds. The Kier molecular flexibility index (Phi) is 6.75. The number of ether oxygens (including phenoxy) is 1. The second-order valence-corrected chi connectivity index (χ2v) is 7.06. The van der Waals surface area contributed by atoms with Crippen LogP contribution in [-0.2, 0) is 19.4 Å². The quantitative estimate of drug-likeness (QED) is 0.816. The second kappa shape index (κ2) is 8.80. The van der Waals surface area contributed by atoms with E-state index in [1.165, 1.54) is 23.0 Å². The number of amides is 2. The average Bonchev–Trinajstić information content (AvgIpc) is 2.94. The summed E-state index contributed by atoms with van der Waals surface area (Å²) in [5.74, 6) is -0.235. The number of halogens is 1. The Morgan fingerprint density at radius 2 is 2.20 bits per heavy atom. The molecule has 2 aromatic rings. The van der Waals surface area contributed by atoms with Crippen LogP contribution in [0.15, 0.2) is 18.2 Å². The molecule has 0 bridgehead atoms. The van der Waals surface area contributed by atoms with E-state index in [2.05, 4.69) is 24.1 Å². The zero-order valence-corrected chi connectivity index (χ0v) is 15.9. The Bertz CT molecular complexity index is 733. The summed E-state index contributed by atoms with van der Waals surface area (Å²) in [5, 5.41) is 3.91. The number of rotatable bonds is 7. The molecule has 1 N–H and O–H groups in total. The summed E-state index contributed by atoms with van der Waals surface area (Å²) in [4.78, 5) is 19.5. The van der Waals surface area contributed by atoms with Crippen molar-refractivity contribution in [3.05, 3.63) is 45.2 Å². The summed E-state index contributed by atoms with van der Waals surface area (Å²) in [6, 6.07) is 4.50. The first-order chi connectivity index (χ1) is 11.9. The van der Waals surface area contributed by atoms with Crippen molar-refractivity contribution in [1.82, 2.24) is 15.2 Å². The molecule has 1 aromatic heterocycles. The molecule has 7 heteroatoms. The van der Waals surface area contributed by atoms with Gasteiger partial charge in [-0.25, -0.2) is 14.2 Å². The molecule has 0 aliphatic heterocycles. The molecule has 2 rings (SSSR count). The van der Waals surface area contributed by atoms with E-state index < -0.39 is 5.82 Å². The predicted molar refractivity (Wildman–Crippen MR) is 97.8 cm³/mol. The maximum absolute atomic E-state index is 13.7. The molecule has 0 aliphatic carbocycles. The third-order valence-corrected chi connectivity index (χ3v) is 4.94. The lowest BCUT2D eigenvalue weighted by molar-refractivity contribution is 0.207. The van der Waals surface area contributed by atoms with Gasteiger partial charge in [0.15, 0.2) is 11.6 Å². The normalized spacial score (nSPS) is 10.6. The Labute approximate surface area is 151 Å². The molecule has 1 heterocycles. The summed E-state index contributed by atoms with van der Waals surface area (Å²) in [6.07, 6.45) is 1.64. The Balaban J connectivity index is 1.82. The Hall–Kier alpha value is -2.15. The number of nitrogens with zero attached hydrogens (tertiary/aromatic N) is 2. The minimum absolute atomic E-state index is 0.194. The highest BCUT2D eigenvalue weighted by atomic mass is 32.1. The van der Waals surface area contributed by atoms with Gasteiger partial charge in [0.2, 0.25) is 0 Å². The fourth-order valence-electron chi connectivity index (χ4n) is 2.49. The van der Waals surface area contributed by atoms with Gasteiger partial charge in [-0.3, -0.25) is 0 Å². The molecule has 0 fully saturated rings. The van der Waals surface area contributed by atoms with E-state index in [1.54, 1.807) is 30.5 Å². The molecule has 5 nitrogen and oxygen atoms in total. The molecule has 0 spiro atoms. The maximum Gasteiger partial charge on any atom is 0.317 e. The van der Waals surface area contributed by atoms with Gasteiger partial charge in [0, 0.05) is 31.4 Å². The molecule has 25 heavy (non-hydrogen) atoms. The highest BCUT2D eigenvalue weighted by molar-refractivity contribution is 7.11. The van der Waals surface area contributed by atoms with Crippen LogP contribution < -0.4 is 10.1 Å². The molecule has 0 radical (unpaired) electrons. The number of aryl methyl sites for hydroxylation is 2. The number of hydrogen-bond donors (Lipinski definition) is 1. The van der Waals surface area contributed by atoms with Crippen LogP contribution in [0, 0.1) is 12.7 Å². The topological polar surface area (TPSA) is 54.5 Å². The Morgan fingerprint density at radius 1 is 1.44 bits per heavy atom. The van der Waals surface area contributed by atoms with Crippen molar-refractivity contribution in [3.8, 4) is 5.75 Å². The lowest BCUT2D eigenvalue weighted by atomic mass is 10.2. The van der Waals surface area contributed by atoms with Crippen LogP contribution in [-0.4, -0.2) is 36.6 Å². The second-order valence-electron chi connectivity index (χ2n) is 5.77. The highest BCUT2D eigenvalue weighted by Crippen LogP contribution is 2.19. The van der Waals surface area contributed by atoms with E-state index in [1.807, 2.05) is 0 Å². The third-order valence-electron chi connectivity index (χ3n) is 3.87. The van der Waals surface area contributed by atoms with Gasteiger partial charge in [-0.2, -0.15) is 0 Å². The van der Waals surface area contributed by atoms with Crippen LogP contribution >= 0.6 is 11.3 Å². The molecular weight excluding hydrogens is 341 g/mol. The van der Waals surface area contributed by atoms with Crippen molar-refractivity contribution >= 4 is 17.4 Å². The fraction of sp³-hybridized carbons (Fsp3) is 0.444. The highest BCUT2D eigenvalue weighted by Gasteiger charge is 2.11. The van der Waals surface area contributed by atoms with Crippen LogP contribution in [0.2, 0.25) is 0 Å². The number of hydrogen-bond acceptors (Lipinski definition) is 4. The van der Waals surface area contributed by atoms with Crippen molar-refractivity contribution in [2.24, 2.45) is 0 Å². The number of urea groups is 1. The van der Waals surface area contributed by atoms with Crippen molar-refractivity contribution < 1.29 is 13.9 Å². The minimum Gasteiger partial charge on any atom is -0.494 e. The number of methoxy groups -OCH3 is 1. The smallest absolute Gasteiger partial charge is 0.317 e. The first-order valence-electron chi connectivity index (χ1n) is 8.21.